The summed E-state index contributed by atoms with van der Waals surface area (Å²) in [5.74, 6) is 0. The van der Waals surface area contributed by atoms with E-state index in [0.717, 1.165) is 23.3 Å². The number of aryl methyl sites for hydroxylation is 1. The normalized spacial score (nSPS) is 11.8. The van der Waals surface area contributed by atoms with Gasteiger partial charge in [0.05, 0.1) is 11.8 Å². The van der Waals surface area contributed by atoms with Crippen molar-refractivity contribution in [3.05, 3.63) is 70.8 Å². The summed E-state index contributed by atoms with van der Waals surface area (Å²) in [6.45, 7) is 2.10. The highest BCUT2D eigenvalue weighted by Gasteiger charge is 2.29. The van der Waals surface area contributed by atoms with E-state index in [-0.39, 0.29) is 6.61 Å². The quantitative estimate of drug-likeness (QED) is 0.598. The summed E-state index contributed by atoms with van der Waals surface area (Å²) < 4.78 is 37.2. The van der Waals surface area contributed by atoms with E-state index >= 15 is 0 Å². The standard InChI is InChI=1S/C16H14F3NO/c1-12-3-2-4-14(9-12)10-20-21-11-13-5-7-15(8-6-13)16(17,18)19/h2-10H,11H2,1H3. The van der Waals surface area contributed by atoms with Gasteiger partial charge in [0.1, 0.15) is 6.61 Å². The SMILES string of the molecule is Cc1cccc(C=NOCc2ccc(C(F)(F)F)cc2)c1. The highest BCUT2D eigenvalue weighted by Crippen LogP contribution is 2.29. The van der Waals surface area contributed by atoms with E-state index in [0.29, 0.717) is 5.56 Å². The lowest BCUT2D eigenvalue weighted by atomic mass is 10.1. The summed E-state index contributed by atoms with van der Waals surface area (Å²) in [7, 11) is 0. The van der Waals surface area contributed by atoms with Crippen molar-refractivity contribution >= 4 is 6.21 Å². The van der Waals surface area contributed by atoms with Crippen LogP contribution in [-0.4, -0.2) is 6.21 Å². The van der Waals surface area contributed by atoms with Crippen LogP contribution in [0.15, 0.2) is 53.7 Å². The summed E-state index contributed by atoms with van der Waals surface area (Å²) in [6, 6.07) is 12.5. The molecule has 0 unspecified atom stereocenters. The van der Waals surface area contributed by atoms with Gasteiger partial charge in [0, 0.05) is 0 Å². The molecular formula is C16H14F3NO. The number of benzene rings is 2. The highest BCUT2D eigenvalue weighted by molar-refractivity contribution is 5.79. The molecule has 0 bridgehead atoms. The second kappa shape index (κ2) is 6.43. The first-order valence-corrected chi connectivity index (χ1v) is 6.33. The van der Waals surface area contributed by atoms with Crippen LogP contribution in [0, 0.1) is 6.92 Å². The fourth-order valence-corrected chi connectivity index (χ4v) is 1.75. The summed E-state index contributed by atoms with van der Waals surface area (Å²) in [5.41, 5.74) is 1.98. The van der Waals surface area contributed by atoms with E-state index in [4.69, 9.17) is 4.84 Å². The van der Waals surface area contributed by atoms with Gasteiger partial charge in [0.15, 0.2) is 0 Å². The van der Waals surface area contributed by atoms with Gasteiger partial charge in [-0.3, -0.25) is 0 Å². The van der Waals surface area contributed by atoms with Crippen LogP contribution in [0.1, 0.15) is 22.3 Å². The van der Waals surface area contributed by atoms with Gasteiger partial charge >= 0.3 is 6.18 Å². The Morgan fingerprint density at radius 3 is 2.43 bits per heavy atom. The molecule has 2 aromatic carbocycles. The van der Waals surface area contributed by atoms with Crippen LogP contribution in [0.25, 0.3) is 0 Å². The maximum Gasteiger partial charge on any atom is 0.416 e. The summed E-state index contributed by atoms with van der Waals surface area (Å²) >= 11 is 0. The molecule has 0 N–H and O–H groups in total. The van der Waals surface area contributed by atoms with Crippen LogP contribution in [0.2, 0.25) is 0 Å². The molecule has 0 radical (unpaired) electrons. The van der Waals surface area contributed by atoms with Crippen molar-refractivity contribution in [1.82, 2.24) is 0 Å². The molecule has 5 heteroatoms. The van der Waals surface area contributed by atoms with Gasteiger partial charge < -0.3 is 4.84 Å². The maximum atomic E-state index is 12.4. The molecule has 0 amide bonds. The zero-order chi connectivity index (χ0) is 15.3. The Labute approximate surface area is 120 Å². The Balaban J connectivity index is 1.89. The van der Waals surface area contributed by atoms with Gasteiger partial charge in [0.2, 0.25) is 0 Å². The zero-order valence-corrected chi connectivity index (χ0v) is 11.4. The van der Waals surface area contributed by atoms with Gasteiger partial charge in [-0.15, -0.1) is 0 Å². The van der Waals surface area contributed by atoms with E-state index < -0.39 is 11.7 Å². The molecule has 110 valence electrons. The molecule has 0 aromatic heterocycles. The third-order valence-electron chi connectivity index (χ3n) is 2.83. The van der Waals surface area contributed by atoms with Crippen molar-refractivity contribution in [1.29, 1.82) is 0 Å². The number of oxime groups is 1. The van der Waals surface area contributed by atoms with Gasteiger partial charge in [-0.25, -0.2) is 0 Å². The average molecular weight is 293 g/mol. The Hall–Kier alpha value is -2.30. The minimum Gasteiger partial charge on any atom is -0.391 e. The molecule has 0 aliphatic heterocycles. The molecule has 2 nitrogen and oxygen atoms in total. The van der Waals surface area contributed by atoms with Crippen LogP contribution >= 0.6 is 0 Å². The minimum absolute atomic E-state index is 0.125. The molecule has 0 aliphatic rings. The first-order chi connectivity index (χ1) is 9.95. The predicted octanol–water partition coefficient (Wildman–Crippen LogP) is 4.56. The number of hydrogen-bond donors (Lipinski definition) is 0. The minimum atomic E-state index is -4.32. The third kappa shape index (κ3) is 4.63. The molecule has 2 rings (SSSR count). The molecule has 0 fully saturated rings. The number of halogens is 3. The molecule has 21 heavy (non-hydrogen) atoms. The van der Waals surface area contributed by atoms with Crippen LogP contribution < -0.4 is 0 Å². The molecule has 0 spiro atoms. The first-order valence-electron chi connectivity index (χ1n) is 6.33. The lowest BCUT2D eigenvalue weighted by molar-refractivity contribution is -0.137. The average Bonchev–Trinajstić information content (AvgIpc) is 2.43. The first kappa shape index (κ1) is 15.1. The molecule has 0 heterocycles. The van der Waals surface area contributed by atoms with Crippen molar-refractivity contribution in [3.8, 4) is 0 Å². The monoisotopic (exact) mass is 293 g/mol. The van der Waals surface area contributed by atoms with E-state index in [1.54, 1.807) is 6.21 Å². The highest BCUT2D eigenvalue weighted by atomic mass is 19.4. The van der Waals surface area contributed by atoms with Gasteiger partial charge in [-0.1, -0.05) is 47.1 Å². The predicted molar refractivity (Wildman–Crippen MR) is 75.0 cm³/mol. The van der Waals surface area contributed by atoms with Gasteiger partial charge in [0.25, 0.3) is 0 Å². The summed E-state index contributed by atoms with van der Waals surface area (Å²) in [6.07, 6.45) is -2.75. The number of hydrogen-bond acceptors (Lipinski definition) is 2. The molecule has 0 aliphatic carbocycles. The number of alkyl halides is 3. The molecule has 0 atom stereocenters. The van der Waals surface area contributed by atoms with E-state index in [1.165, 1.54) is 12.1 Å². The van der Waals surface area contributed by atoms with Crippen LogP contribution in [-0.2, 0) is 17.6 Å². The van der Waals surface area contributed by atoms with Crippen LogP contribution in [0.3, 0.4) is 0 Å². The van der Waals surface area contributed by atoms with E-state index in [1.807, 2.05) is 31.2 Å². The van der Waals surface area contributed by atoms with Gasteiger partial charge in [-0.05, 0) is 30.2 Å². The summed E-state index contributed by atoms with van der Waals surface area (Å²) in [4.78, 5) is 5.08. The lowest BCUT2D eigenvalue weighted by Gasteiger charge is -2.06. The molecule has 2 aromatic rings. The van der Waals surface area contributed by atoms with E-state index in [2.05, 4.69) is 5.16 Å². The summed E-state index contributed by atoms with van der Waals surface area (Å²) in [5, 5.41) is 3.80. The maximum absolute atomic E-state index is 12.4. The topological polar surface area (TPSA) is 21.6 Å². The van der Waals surface area contributed by atoms with Gasteiger partial charge in [-0.2, -0.15) is 13.2 Å². The molecular weight excluding hydrogens is 279 g/mol. The fraction of sp³-hybridized carbons (Fsp3) is 0.188. The van der Waals surface area contributed by atoms with Crippen molar-refractivity contribution < 1.29 is 18.0 Å². The Morgan fingerprint density at radius 2 is 1.81 bits per heavy atom. The van der Waals surface area contributed by atoms with Crippen molar-refractivity contribution in [3.63, 3.8) is 0 Å². The molecule has 0 saturated carbocycles. The van der Waals surface area contributed by atoms with Crippen molar-refractivity contribution in [2.75, 3.05) is 0 Å². The van der Waals surface area contributed by atoms with Crippen molar-refractivity contribution in [2.24, 2.45) is 5.16 Å². The lowest BCUT2D eigenvalue weighted by Crippen LogP contribution is -2.04. The smallest absolute Gasteiger partial charge is 0.391 e. The Bertz CT molecular complexity index is 618. The molecule has 0 saturated heterocycles. The second-order valence-electron chi connectivity index (χ2n) is 4.62. The van der Waals surface area contributed by atoms with E-state index in [9.17, 15) is 13.2 Å². The largest absolute Gasteiger partial charge is 0.416 e. The number of rotatable bonds is 4. The number of nitrogens with zero attached hydrogens (tertiary/aromatic N) is 1. The zero-order valence-electron chi connectivity index (χ0n) is 11.4. The Kier molecular flexibility index (Phi) is 4.62. The second-order valence-corrected chi connectivity index (χ2v) is 4.62. The van der Waals surface area contributed by atoms with Crippen molar-refractivity contribution in [2.45, 2.75) is 19.7 Å². The Morgan fingerprint density at radius 1 is 1.10 bits per heavy atom. The fourth-order valence-electron chi connectivity index (χ4n) is 1.75. The van der Waals surface area contributed by atoms with Crippen LogP contribution in [0.4, 0.5) is 13.2 Å². The third-order valence-corrected chi connectivity index (χ3v) is 2.83. The van der Waals surface area contributed by atoms with Crippen LogP contribution in [0.5, 0.6) is 0 Å².